The Morgan fingerprint density at radius 1 is 1.31 bits per heavy atom. The highest BCUT2D eigenvalue weighted by Crippen LogP contribution is 2.09. The molecule has 0 unspecified atom stereocenters. The van der Waals surface area contributed by atoms with E-state index in [1.807, 2.05) is 13.0 Å². The second-order valence-corrected chi connectivity index (χ2v) is 2.58. The largest absolute Gasteiger partial charge is 0.325 e. The molecule has 2 aromatic heterocycles. The van der Waals surface area contributed by atoms with E-state index in [0.717, 1.165) is 17.5 Å². The van der Waals surface area contributed by atoms with Crippen molar-refractivity contribution in [1.29, 1.82) is 0 Å². The smallest absolute Gasteiger partial charge is 0.135 e. The molecule has 2 rings (SSSR count). The molecule has 0 amide bonds. The van der Waals surface area contributed by atoms with Crippen molar-refractivity contribution in [2.24, 2.45) is 0 Å². The van der Waals surface area contributed by atoms with Gasteiger partial charge in [0.15, 0.2) is 0 Å². The molecule has 5 nitrogen and oxygen atoms in total. The lowest BCUT2D eigenvalue weighted by molar-refractivity contribution is 1.04. The number of nitrogens with zero attached hydrogens (tertiary/aromatic N) is 3. The van der Waals surface area contributed by atoms with Gasteiger partial charge >= 0.3 is 0 Å². The maximum absolute atomic E-state index is 4.18. The van der Waals surface area contributed by atoms with Gasteiger partial charge < -0.3 is 5.32 Å². The highest BCUT2D eigenvalue weighted by atomic mass is 15.2. The average Bonchev–Trinajstić information content (AvgIpc) is 2.57. The Kier molecular flexibility index (Phi) is 1.91. The average molecular weight is 175 g/mol. The molecule has 2 heterocycles. The van der Waals surface area contributed by atoms with Crippen LogP contribution in [0, 0.1) is 6.92 Å². The molecule has 0 aliphatic rings. The summed E-state index contributed by atoms with van der Waals surface area (Å²) in [5, 5.41) is 9.65. The molecule has 0 bridgehead atoms. The van der Waals surface area contributed by atoms with Crippen LogP contribution in [0.2, 0.25) is 0 Å². The maximum Gasteiger partial charge on any atom is 0.135 e. The van der Waals surface area contributed by atoms with E-state index in [1.54, 1.807) is 18.5 Å². The Hall–Kier alpha value is -1.91. The van der Waals surface area contributed by atoms with E-state index in [2.05, 4.69) is 25.5 Å². The van der Waals surface area contributed by atoms with Gasteiger partial charge in [0.25, 0.3) is 0 Å². The van der Waals surface area contributed by atoms with E-state index < -0.39 is 0 Å². The quantitative estimate of drug-likeness (QED) is 0.720. The molecule has 0 aliphatic heterocycles. The Balaban J connectivity index is 2.19. The Bertz CT molecular complexity index is 381. The van der Waals surface area contributed by atoms with E-state index >= 15 is 0 Å². The van der Waals surface area contributed by atoms with E-state index in [0.29, 0.717) is 0 Å². The first-order chi connectivity index (χ1) is 6.34. The molecular weight excluding hydrogens is 166 g/mol. The second-order valence-electron chi connectivity index (χ2n) is 2.58. The number of aromatic amines is 1. The van der Waals surface area contributed by atoms with Crippen LogP contribution in [-0.4, -0.2) is 20.2 Å². The van der Waals surface area contributed by atoms with E-state index in [-0.39, 0.29) is 0 Å². The highest BCUT2D eigenvalue weighted by molar-refractivity contribution is 5.49. The lowest BCUT2D eigenvalue weighted by Crippen LogP contribution is -1.96. The van der Waals surface area contributed by atoms with Crippen LogP contribution in [0.4, 0.5) is 11.6 Å². The van der Waals surface area contributed by atoms with Gasteiger partial charge in [0.05, 0.1) is 6.20 Å². The topological polar surface area (TPSA) is 66.5 Å². The van der Waals surface area contributed by atoms with Gasteiger partial charge in [0, 0.05) is 12.3 Å². The molecule has 5 heteroatoms. The van der Waals surface area contributed by atoms with Gasteiger partial charge in [-0.3, -0.25) is 5.10 Å². The lowest BCUT2D eigenvalue weighted by Gasteiger charge is -2.01. The first kappa shape index (κ1) is 7.72. The van der Waals surface area contributed by atoms with Crippen molar-refractivity contribution in [3.63, 3.8) is 0 Å². The maximum atomic E-state index is 4.18. The standard InChI is InChI=1S/C8H9N5/c1-6-9-4-2-7(11-6)12-8-3-5-10-13-8/h2-5H,1H3,(H2,9,10,11,12,13). The van der Waals surface area contributed by atoms with Crippen LogP contribution in [0.25, 0.3) is 0 Å². The van der Waals surface area contributed by atoms with Crippen LogP contribution in [0.15, 0.2) is 24.5 Å². The lowest BCUT2D eigenvalue weighted by atomic mass is 10.5. The molecular formula is C8H9N5. The zero-order chi connectivity index (χ0) is 9.10. The third kappa shape index (κ3) is 1.81. The molecule has 0 radical (unpaired) electrons. The van der Waals surface area contributed by atoms with Crippen LogP contribution >= 0.6 is 0 Å². The minimum atomic E-state index is 0.740. The van der Waals surface area contributed by atoms with Crippen LogP contribution < -0.4 is 5.32 Å². The third-order valence-electron chi connectivity index (χ3n) is 1.54. The number of nitrogens with one attached hydrogen (secondary N) is 2. The van der Waals surface area contributed by atoms with Gasteiger partial charge in [-0.1, -0.05) is 0 Å². The minimum Gasteiger partial charge on any atom is -0.325 e. The van der Waals surface area contributed by atoms with Gasteiger partial charge in [0.2, 0.25) is 0 Å². The minimum absolute atomic E-state index is 0.740. The van der Waals surface area contributed by atoms with Gasteiger partial charge in [-0.2, -0.15) is 5.10 Å². The van der Waals surface area contributed by atoms with Gasteiger partial charge in [-0.05, 0) is 13.0 Å². The molecule has 0 fully saturated rings. The van der Waals surface area contributed by atoms with Crippen LogP contribution in [0.5, 0.6) is 0 Å². The van der Waals surface area contributed by atoms with Crippen LogP contribution in [0.3, 0.4) is 0 Å². The molecule has 0 aromatic carbocycles. The number of aromatic nitrogens is 4. The summed E-state index contributed by atoms with van der Waals surface area (Å²) in [5.41, 5.74) is 0. The highest BCUT2D eigenvalue weighted by Gasteiger charge is 1.96. The van der Waals surface area contributed by atoms with Crippen molar-refractivity contribution in [3.05, 3.63) is 30.4 Å². The summed E-state index contributed by atoms with van der Waals surface area (Å²) >= 11 is 0. The Labute approximate surface area is 75.2 Å². The summed E-state index contributed by atoms with van der Waals surface area (Å²) in [6.45, 7) is 1.85. The molecule has 2 N–H and O–H groups in total. The van der Waals surface area contributed by atoms with Crippen molar-refractivity contribution in [2.75, 3.05) is 5.32 Å². The van der Waals surface area contributed by atoms with Crippen molar-refractivity contribution >= 4 is 11.6 Å². The zero-order valence-electron chi connectivity index (χ0n) is 7.15. The fourth-order valence-corrected chi connectivity index (χ4v) is 0.989. The molecule has 0 spiro atoms. The summed E-state index contributed by atoms with van der Waals surface area (Å²) in [5.74, 6) is 2.32. The fourth-order valence-electron chi connectivity index (χ4n) is 0.989. The monoisotopic (exact) mass is 175 g/mol. The molecule has 66 valence electrons. The first-order valence-electron chi connectivity index (χ1n) is 3.90. The van der Waals surface area contributed by atoms with Crippen LogP contribution in [-0.2, 0) is 0 Å². The fraction of sp³-hybridized carbons (Fsp3) is 0.125. The molecule has 0 saturated carbocycles. The van der Waals surface area contributed by atoms with Crippen molar-refractivity contribution < 1.29 is 0 Å². The number of anilines is 2. The summed E-state index contributed by atoms with van der Waals surface area (Å²) in [7, 11) is 0. The molecule has 2 aromatic rings. The predicted molar refractivity (Wildman–Crippen MR) is 48.6 cm³/mol. The SMILES string of the molecule is Cc1nccc(Nc2ccn[nH]2)n1. The number of rotatable bonds is 2. The van der Waals surface area contributed by atoms with Crippen molar-refractivity contribution in [3.8, 4) is 0 Å². The molecule has 0 aliphatic carbocycles. The van der Waals surface area contributed by atoms with E-state index in [9.17, 15) is 0 Å². The number of hydrogen-bond acceptors (Lipinski definition) is 4. The summed E-state index contributed by atoms with van der Waals surface area (Å²) in [6.07, 6.45) is 3.39. The molecule has 13 heavy (non-hydrogen) atoms. The molecule has 0 atom stereocenters. The second kappa shape index (κ2) is 3.22. The normalized spacial score (nSPS) is 9.92. The summed E-state index contributed by atoms with van der Waals surface area (Å²) in [4.78, 5) is 8.17. The molecule has 0 saturated heterocycles. The Morgan fingerprint density at radius 3 is 2.92 bits per heavy atom. The zero-order valence-corrected chi connectivity index (χ0v) is 7.15. The van der Waals surface area contributed by atoms with E-state index in [1.165, 1.54) is 0 Å². The number of aryl methyl sites for hydroxylation is 1. The van der Waals surface area contributed by atoms with Gasteiger partial charge in [-0.15, -0.1) is 0 Å². The van der Waals surface area contributed by atoms with Gasteiger partial charge in [0.1, 0.15) is 17.5 Å². The summed E-state index contributed by atoms with van der Waals surface area (Å²) < 4.78 is 0. The number of H-pyrrole nitrogens is 1. The van der Waals surface area contributed by atoms with Crippen LogP contribution in [0.1, 0.15) is 5.82 Å². The first-order valence-corrected chi connectivity index (χ1v) is 3.90. The predicted octanol–water partition coefficient (Wildman–Crippen LogP) is 1.25. The third-order valence-corrected chi connectivity index (χ3v) is 1.54. The van der Waals surface area contributed by atoms with Crippen molar-refractivity contribution in [2.45, 2.75) is 6.92 Å². The van der Waals surface area contributed by atoms with Gasteiger partial charge in [-0.25, -0.2) is 9.97 Å². The Morgan fingerprint density at radius 2 is 2.23 bits per heavy atom. The van der Waals surface area contributed by atoms with Crippen molar-refractivity contribution in [1.82, 2.24) is 20.2 Å². The summed E-state index contributed by atoms with van der Waals surface area (Å²) in [6, 6.07) is 3.63. The van der Waals surface area contributed by atoms with E-state index in [4.69, 9.17) is 0 Å². The number of hydrogen-bond donors (Lipinski definition) is 2.